The van der Waals surface area contributed by atoms with Gasteiger partial charge in [-0.3, -0.25) is 9.59 Å². The summed E-state index contributed by atoms with van der Waals surface area (Å²) in [5.74, 6) is -1.01. The maximum Gasteiger partial charge on any atom is 0.416 e. The van der Waals surface area contributed by atoms with Gasteiger partial charge in [0.05, 0.1) is 17.5 Å². The molecular weight excluding hydrogens is 427 g/mol. The van der Waals surface area contributed by atoms with Crippen LogP contribution in [0.1, 0.15) is 29.3 Å². The Hall–Kier alpha value is -2.68. The van der Waals surface area contributed by atoms with E-state index < -0.39 is 23.6 Å². The number of halogens is 4. The number of carbonyl (C=O) groups is 2. The van der Waals surface area contributed by atoms with Crippen LogP contribution in [-0.2, 0) is 11.0 Å². The molecule has 0 saturated carbocycles. The maximum absolute atomic E-state index is 12.7. The van der Waals surface area contributed by atoms with Crippen molar-refractivity contribution in [1.29, 1.82) is 0 Å². The fourth-order valence-electron chi connectivity index (χ4n) is 2.10. The van der Waals surface area contributed by atoms with E-state index >= 15 is 0 Å². The Labute approximate surface area is 161 Å². The highest BCUT2D eigenvalue weighted by Crippen LogP contribution is 2.30. The van der Waals surface area contributed by atoms with E-state index in [0.29, 0.717) is 15.7 Å². The van der Waals surface area contributed by atoms with Crippen molar-refractivity contribution in [2.75, 3.05) is 5.32 Å². The molecule has 0 aromatic heterocycles. The van der Waals surface area contributed by atoms with Gasteiger partial charge in [-0.2, -0.15) is 18.3 Å². The lowest BCUT2D eigenvalue weighted by Crippen LogP contribution is -2.22. The van der Waals surface area contributed by atoms with Crippen LogP contribution in [0.4, 0.5) is 18.9 Å². The van der Waals surface area contributed by atoms with Crippen molar-refractivity contribution in [3.63, 3.8) is 0 Å². The summed E-state index contributed by atoms with van der Waals surface area (Å²) in [6.07, 6.45) is -4.68. The van der Waals surface area contributed by atoms with Crippen LogP contribution in [0.2, 0.25) is 0 Å². The summed E-state index contributed by atoms with van der Waals surface area (Å²) in [5.41, 5.74) is 2.17. The highest BCUT2D eigenvalue weighted by Gasteiger charge is 2.30. The fraction of sp³-hybridized carbons (Fsp3) is 0.167. The highest BCUT2D eigenvalue weighted by molar-refractivity contribution is 9.10. The van der Waals surface area contributed by atoms with E-state index in [2.05, 4.69) is 31.8 Å². The summed E-state index contributed by atoms with van der Waals surface area (Å²) >= 11 is 3.25. The van der Waals surface area contributed by atoms with Crippen molar-refractivity contribution in [2.24, 2.45) is 5.10 Å². The zero-order chi connectivity index (χ0) is 20.0. The summed E-state index contributed by atoms with van der Waals surface area (Å²) in [6.45, 7) is 1.52. The van der Waals surface area contributed by atoms with Gasteiger partial charge in [-0.05, 0) is 53.2 Å². The first-order valence-corrected chi connectivity index (χ1v) is 8.51. The molecule has 0 unspecified atom stereocenters. The standard InChI is InChI=1S/C18H15BrF3N3O2/c1-11(24-25-17(27)14-7-2-3-8-15(14)19)9-16(26)23-13-6-4-5-12(10-13)18(20,21)22/h2-8,10H,9H2,1H3,(H,23,26)(H,25,27). The van der Waals surface area contributed by atoms with Gasteiger partial charge in [0, 0.05) is 15.9 Å². The van der Waals surface area contributed by atoms with Crippen molar-refractivity contribution in [1.82, 2.24) is 5.43 Å². The van der Waals surface area contributed by atoms with E-state index in [1.807, 2.05) is 0 Å². The molecule has 5 nitrogen and oxygen atoms in total. The molecule has 2 aromatic rings. The predicted octanol–water partition coefficient (Wildman–Crippen LogP) is 4.60. The van der Waals surface area contributed by atoms with E-state index in [-0.39, 0.29) is 12.1 Å². The lowest BCUT2D eigenvalue weighted by atomic mass is 10.2. The number of carbonyl (C=O) groups excluding carboxylic acids is 2. The number of nitrogens with zero attached hydrogens (tertiary/aromatic N) is 1. The van der Waals surface area contributed by atoms with Crippen molar-refractivity contribution < 1.29 is 22.8 Å². The second-order valence-corrected chi connectivity index (χ2v) is 6.43. The SMILES string of the molecule is CC(CC(=O)Nc1cccc(C(F)(F)F)c1)=NNC(=O)c1ccccc1Br. The Morgan fingerprint density at radius 1 is 1.11 bits per heavy atom. The Bertz CT molecular complexity index is 882. The van der Waals surface area contributed by atoms with Crippen LogP contribution >= 0.6 is 15.9 Å². The highest BCUT2D eigenvalue weighted by atomic mass is 79.9. The monoisotopic (exact) mass is 441 g/mol. The summed E-state index contributed by atoms with van der Waals surface area (Å²) < 4.78 is 38.6. The van der Waals surface area contributed by atoms with Crippen molar-refractivity contribution in [3.8, 4) is 0 Å². The summed E-state index contributed by atoms with van der Waals surface area (Å²) in [4.78, 5) is 24.0. The molecule has 0 atom stereocenters. The van der Waals surface area contributed by atoms with Crippen LogP contribution in [0.25, 0.3) is 0 Å². The third-order valence-electron chi connectivity index (χ3n) is 3.36. The number of hydrazone groups is 1. The lowest BCUT2D eigenvalue weighted by molar-refractivity contribution is -0.137. The van der Waals surface area contributed by atoms with Crippen LogP contribution in [0.5, 0.6) is 0 Å². The number of hydrogen-bond donors (Lipinski definition) is 2. The van der Waals surface area contributed by atoms with Gasteiger partial charge in [0.25, 0.3) is 5.91 Å². The normalized spacial score (nSPS) is 11.8. The number of hydrogen-bond acceptors (Lipinski definition) is 3. The molecule has 0 spiro atoms. The zero-order valence-corrected chi connectivity index (χ0v) is 15.7. The van der Waals surface area contributed by atoms with Crippen molar-refractivity contribution in [3.05, 3.63) is 64.1 Å². The first-order valence-electron chi connectivity index (χ1n) is 7.72. The van der Waals surface area contributed by atoms with Crippen LogP contribution in [0.15, 0.2) is 58.1 Å². The number of anilines is 1. The molecule has 2 rings (SSSR count). The fourth-order valence-corrected chi connectivity index (χ4v) is 2.57. The van der Waals surface area contributed by atoms with Gasteiger partial charge >= 0.3 is 6.18 Å². The number of benzene rings is 2. The van der Waals surface area contributed by atoms with Gasteiger partial charge in [-0.1, -0.05) is 18.2 Å². The molecule has 0 saturated heterocycles. The van der Waals surface area contributed by atoms with Gasteiger partial charge in [-0.25, -0.2) is 5.43 Å². The van der Waals surface area contributed by atoms with E-state index in [1.165, 1.54) is 19.1 Å². The molecule has 0 fully saturated rings. The average molecular weight is 442 g/mol. The zero-order valence-electron chi connectivity index (χ0n) is 14.1. The minimum atomic E-state index is -4.49. The van der Waals surface area contributed by atoms with Gasteiger partial charge in [0.2, 0.25) is 5.91 Å². The van der Waals surface area contributed by atoms with Gasteiger partial charge in [-0.15, -0.1) is 0 Å². The predicted molar refractivity (Wildman–Crippen MR) is 99.4 cm³/mol. The smallest absolute Gasteiger partial charge is 0.326 e. The molecule has 0 heterocycles. The van der Waals surface area contributed by atoms with E-state index in [0.717, 1.165) is 12.1 Å². The summed E-state index contributed by atoms with van der Waals surface area (Å²) in [5, 5.41) is 6.21. The number of amides is 2. The summed E-state index contributed by atoms with van der Waals surface area (Å²) in [6, 6.07) is 11.1. The van der Waals surface area contributed by atoms with Crippen LogP contribution in [-0.4, -0.2) is 17.5 Å². The van der Waals surface area contributed by atoms with Crippen LogP contribution in [0.3, 0.4) is 0 Å². The quantitative estimate of drug-likeness (QED) is 0.525. The number of rotatable bonds is 5. The molecule has 27 heavy (non-hydrogen) atoms. The Morgan fingerprint density at radius 3 is 2.48 bits per heavy atom. The first-order chi connectivity index (χ1) is 12.7. The first kappa shape index (κ1) is 20.6. The second kappa shape index (κ2) is 8.81. The molecule has 2 N–H and O–H groups in total. The molecule has 2 aromatic carbocycles. The molecular formula is C18H15BrF3N3O2. The molecule has 0 radical (unpaired) electrons. The Kier molecular flexibility index (Phi) is 6.73. The van der Waals surface area contributed by atoms with Crippen LogP contribution < -0.4 is 10.7 Å². The maximum atomic E-state index is 12.7. The molecule has 0 bridgehead atoms. The summed E-state index contributed by atoms with van der Waals surface area (Å²) in [7, 11) is 0. The molecule has 142 valence electrons. The van der Waals surface area contributed by atoms with Crippen LogP contribution in [0, 0.1) is 0 Å². The van der Waals surface area contributed by atoms with Crippen molar-refractivity contribution in [2.45, 2.75) is 19.5 Å². The molecule has 9 heteroatoms. The lowest BCUT2D eigenvalue weighted by Gasteiger charge is -2.10. The topological polar surface area (TPSA) is 70.6 Å². The second-order valence-electron chi connectivity index (χ2n) is 5.57. The largest absolute Gasteiger partial charge is 0.416 e. The molecule has 0 aliphatic carbocycles. The minimum absolute atomic E-state index is 0.0277. The Balaban J connectivity index is 1.94. The van der Waals surface area contributed by atoms with Crippen molar-refractivity contribution >= 4 is 39.1 Å². The Morgan fingerprint density at radius 2 is 1.81 bits per heavy atom. The third kappa shape index (κ3) is 6.21. The van der Waals surface area contributed by atoms with E-state index in [9.17, 15) is 22.8 Å². The number of alkyl halides is 3. The molecule has 0 aliphatic rings. The minimum Gasteiger partial charge on any atom is -0.326 e. The van der Waals surface area contributed by atoms with E-state index in [1.54, 1.807) is 24.3 Å². The molecule has 0 aliphatic heterocycles. The van der Waals surface area contributed by atoms with E-state index in [4.69, 9.17) is 0 Å². The van der Waals surface area contributed by atoms with Gasteiger partial charge in [0.1, 0.15) is 0 Å². The third-order valence-corrected chi connectivity index (χ3v) is 4.05. The molecule has 2 amide bonds. The van der Waals surface area contributed by atoms with Gasteiger partial charge in [0.15, 0.2) is 0 Å². The number of nitrogens with one attached hydrogen (secondary N) is 2. The van der Waals surface area contributed by atoms with Gasteiger partial charge < -0.3 is 5.32 Å². The average Bonchev–Trinajstić information content (AvgIpc) is 2.59.